The fraction of sp³-hybridized carbons (Fsp3) is 0.786. The van der Waals surface area contributed by atoms with Crippen LogP contribution < -0.4 is 0 Å². The van der Waals surface area contributed by atoms with E-state index in [0.29, 0.717) is 29.7 Å². The number of likely N-dealkylation sites (N-methyl/N-ethyl adjacent to an activating group) is 1. The summed E-state index contributed by atoms with van der Waals surface area (Å²) < 4.78 is 29.1. The number of hydrogen-bond donors (Lipinski definition) is 0. The Morgan fingerprint density at radius 1 is 1.14 bits per heavy atom. The molecule has 6 nitrogen and oxygen atoms in total. The van der Waals surface area contributed by atoms with E-state index >= 15 is 0 Å². The first-order valence-corrected chi connectivity index (χ1v) is 9.17. The molecule has 7 heteroatoms. The first-order valence-electron chi connectivity index (χ1n) is 7.73. The second-order valence-corrected chi connectivity index (χ2v) is 8.11. The van der Waals surface area contributed by atoms with Crippen LogP contribution in [0.3, 0.4) is 0 Å². The Kier molecular flexibility index (Phi) is 4.07. The van der Waals surface area contributed by atoms with Crippen LogP contribution >= 0.6 is 0 Å². The third-order valence-corrected chi connectivity index (χ3v) is 6.65. The number of aryl methyl sites for hydroxylation is 1. The summed E-state index contributed by atoms with van der Waals surface area (Å²) in [6, 6.07) is 0.375. The lowest BCUT2D eigenvalue weighted by Crippen LogP contribution is -2.47. The van der Waals surface area contributed by atoms with Crippen molar-refractivity contribution < 1.29 is 8.42 Å². The number of piperazine rings is 1. The fourth-order valence-electron chi connectivity index (χ4n) is 3.24. The highest BCUT2D eigenvalue weighted by Gasteiger charge is 2.31. The maximum Gasteiger partial charge on any atom is 0.246 e. The standard InChI is InChI=1S/C14H24N4O2S/c1-12-14(11-18(15-12)13-5-3-4-6-13)21(19,20)17-9-7-16(2)8-10-17/h11,13H,3-10H2,1-2H3. The SMILES string of the molecule is Cc1nn(C2CCCC2)cc1S(=O)(=O)N1CCN(C)CC1. The van der Waals surface area contributed by atoms with Gasteiger partial charge in [0.15, 0.2) is 0 Å². The van der Waals surface area contributed by atoms with Gasteiger partial charge in [-0.1, -0.05) is 12.8 Å². The van der Waals surface area contributed by atoms with Crippen molar-refractivity contribution in [2.75, 3.05) is 33.2 Å². The smallest absolute Gasteiger partial charge is 0.246 e. The Balaban J connectivity index is 1.85. The second-order valence-electron chi connectivity index (χ2n) is 6.20. The lowest BCUT2D eigenvalue weighted by Gasteiger charge is -2.31. The Morgan fingerprint density at radius 3 is 2.38 bits per heavy atom. The van der Waals surface area contributed by atoms with Gasteiger partial charge in [0.2, 0.25) is 10.0 Å². The van der Waals surface area contributed by atoms with Crippen molar-refractivity contribution in [3.8, 4) is 0 Å². The van der Waals surface area contributed by atoms with E-state index in [-0.39, 0.29) is 0 Å². The van der Waals surface area contributed by atoms with Gasteiger partial charge in [0, 0.05) is 32.4 Å². The molecule has 2 heterocycles. The molecule has 118 valence electrons. The topological polar surface area (TPSA) is 58.4 Å². The molecule has 0 bridgehead atoms. The molecule has 1 aromatic heterocycles. The first-order chi connectivity index (χ1) is 9.98. The van der Waals surface area contributed by atoms with E-state index < -0.39 is 10.0 Å². The molecule has 0 radical (unpaired) electrons. The highest BCUT2D eigenvalue weighted by Crippen LogP contribution is 2.31. The van der Waals surface area contributed by atoms with E-state index in [2.05, 4.69) is 10.00 Å². The molecule has 0 aromatic carbocycles. The monoisotopic (exact) mass is 312 g/mol. The molecule has 0 N–H and O–H groups in total. The summed E-state index contributed by atoms with van der Waals surface area (Å²) in [6.07, 6.45) is 6.39. The maximum atomic E-state index is 12.8. The Hall–Kier alpha value is -0.920. The number of rotatable bonds is 3. The molecule has 3 rings (SSSR count). The molecule has 2 aliphatic rings. The summed E-state index contributed by atoms with van der Waals surface area (Å²) in [5.74, 6) is 0. The van der Waals surface area contributed by atoms with Crippen LogP contribution in [0.1, 0.15) is 37.4 Å². The quantitative estimate of drug-likeness (QED) is 0.843. The van der Waals surface area contributed by atoms with Crippen LogP contribution in [-0.4, -0.2) is 60.6 Å². The van der Waals surface area contributed by atoms with E-state index in [1.807, 2.05) is 11.7 Å². The van der Waals surface area contributed by atoms with Crippen molar-refractivity contribution in [3.05, 3.63) is 11.9 Å². The minimum atomic E-state index is -3.40. The minimum Gasteiger partial charge on any atom is -0.304 e. The minimum absolute atomic E-state index is 0.375. The number of nitrogens with zero attached hydrogens (tertiary/aromatic N) is 4. The molecular weight excluding hydrogens is 288 g/mol. The maximum absolute atomic E-state index is 12.8. The summed E-state index contributed by atoms with van der Waals surface area (Å²) in [5.41, 5.74) is 0.626. The average molecular weight is 312 g/mol. The molecule has 1 aliphatic heterocycles. The molecule has 0 amide bonds. The Morgan fingerprint density at radius 2 is 1.76 bits per heavy atom. The Labute approximate surface area is 126 Å². The molecule has 1 aliphatic carbocycles. The van der Waals surface area contributed by atoms with Crippen LogP contribution in [0.25, 0.3) is 0 Å². The molecule has 2 fully saturated rings. The van der Waals surface area contributed by atoms with E-state index in [4.69, 9.17) is 0 Å². The molecule has 1 aromatic rings. The van der Waals surface area contributed by atoms with Crippen molar-refractivity contribution in [1.29, 1.82) is 0 Å². The zero-order chi connectivity index (χ0) is 15.0. The predicted molar refractivity (Wildman–Crippen MR) is 80.7 cm³/mol. The van der Waals surface area contributed by atoms with Gasteiger partial charge in [-0.2, -0.15) is 9.40 Å². The van der Waals surface area contributed by atoms with Crippen LogP contribution in [-0.2, 0) is 10.0 Å². The van der Waals surface area contributed by atoms with Crippen molar-refractivity contribution >= 4 is 10.0 Å². The second kappa shape index (κ2) is 5.70. The van der Waals surface area contributed by atoms with Gasteiger partial charge in [-0.05, 0) is 26.8 Å². The van der Waals surface area contributed by atoms with Crippen LogP contribution in [0.15, 0.2) is 11.1 Å². The average Bonchev–Trinajstić information content (AvgIpc) is 3.08. The fourth-order valence-corrected chi connectivity index (χ4v) is 4.82. The van der Waals surface area contributed by atoms with Crippen LogP contribution in [0.4, 0.5) is 0 Å². The largest absolute Gasteiger partial charge is 0.304 e. The number of aromatic nitrogens is 2. The molecule has 0 unspecified atom stereocenters. The third kappa shape index (κ3) is 2.86. The van der Waals surface area contributed by atoms with Gasteiger partial charge in [0.25, 0.3) is 0 Å². The van der Waals surface area contributed by atoms with Gasteiger partial charge >= 0.3 is 0 Å². The lowest BCUT2D eigenvalue weighted by atomic mass is 10.3. The van der Waals surface area contributed by atoms with Gasteiger partial charge in [0.05, 0.1) is 11.7 Å². The summed E-state index contributed by atoms with van der Waals surface area (Å²) in [5, 5.41) is 4.47. The van der Waals surface area contributed by atoms with Crippen molar-refractivity contribution in [2.45, 2.75) is 43.5 Å². The van der Waals surface area contributed by atoms with Crippen molar-refractivity contribution in [1.82, 2.24) is 19.0 Å². The summed E-state index contributed by atoms with van der Waals surface area (Å²) in [6.45, 7) is 4.50. The lowest BCUT2D eigenvalue weighted by molar-refractivity contribution is 0.222. The number of hydrogen-bond acceptors (Lipinski definition) is 4. The van der Waals surface area contributed by atoms with Gasteiger partial charge < -0.3 is 4.90 Å². The van der Waals surface area contributed by atoms with E-state index in [9.17, 15) is 8.42 Å². The third-order valence-electron chi connectivity index (χ3n) is 4.65. The van der Waals surface area contributed by atoms with Crippen molar-refractivity contribution in [3.63, 3.8) is 0 Å². The van der Waals surface area contributed by atoms with E-state index in [0.717, 1.165) is 25.9 Å². The molecule has 0 spiro atoms. The summed E-state index contributed by atoms with van der Waals surface area (Å²) >= 11 is 0. The zero-order valence-electron chi connectivity index (χ0n) is 12.8. The zero-order valence-corrected chi connectivity index (χ0v) is 13.6. The molecule has 1 saturated heterocycles. The Bertz CT molecular complexity index is 596. The summed E-state index contributed by atoms with van der Waals surface area (Å²) in [7, 11) is -1.38. The first kappa shape index (κ1) is 15.0. The normalized spacial score (nSPS) is 23.0. The van der Waals surface area contributed by atoms with Gasteiger partial charge in [-0.25, -0.2) is 8.42 Å². The van der Waals surface area contributed by atoms with Crippen molar-refractivity contribution in [2.24, 2.45) is 0 Å². The summed E-state index contributed by atoms with van der Waals surface area (Å²) in [4.78, 5) is 2.54. The van der Waals surface area contributed by atoms with Crippen LogP contribution in [0.5, 0.6) is 0 Å². The molecular formula is C14H24N4O2S. The van der Waals surface area contributed by atoms with Gasteiger partial charge in [-0.3, -0.25) is 4.68 Å². The van der Waals surface area contributed by atoms with Crippen LogP contribution in [0, 0.1) is 6.92 Å². The molecule has 21 heavy (non-hydrogen) atoms. The van der Waals surface area contributed by atoms with E-state index in [1.54, 1.807) is 17.4 Å². The van der Waals surface area contributed by atoms with Crippen LogP contribution in [0.2, 0.25) is 0 Å². The van der Waals surface area contributed by atoms with Gasteiger partial charge in [-0.15, -0.1) is 0 Å². The molecule has 1 saturated carbocycles. The van der Waals surface area contributed by atoms with E-state index in [1.165, 1.54) is 12.8 Å². The highest BCUT2D eigenvalue weighted by atomic mass is 32.2. The predicted octanol–water partition coefficient (Wildman–Crippen LogP) is 1.24. The van der Waals surface area contributed by atoms with Gasteiger partial charge in [0.1, 0.15) is 4.90 Å². The highest BCUT2D eigenvalue weighted by molar-refractivity contribution is 7.89. The molecule has 0 atom stereocenters. The number of sulfonamides is 1.